The van der Waals surface area contributed by atoms with Crippen molar-refractivity contribution in [1.29, 1.82) is 0 Å². The van der Waals surface area contributed by atoms with Crippen LogP contribution in [0.25, 0.3) is 0 Å². The maximum Gasteiger partial charge on any atom is 0.290 e. The monoisotopic (exact) mass is 412 g/mol. The third-order valence-corrected chi connectivity index (χ3v) is 5.19. The minimum absolute atomic E-state index is 0.00766. The lowest BCUT2D eigenvalue weighted by molar-refractivity contribution is -0.158. The summed E-state index contributed by atoms with van der Waals surface area (Å²) in [5.74, 6) is 0.565. The van der Waals surface area contributed by atoms with Crippen molar-refractivity contribution in [3.8, 4) is 0 Å². The number of hydrogen-bond acceptors (Lipinski definition) is 8. The number of fused-ring (bicyclic) bond motifs is 1. The van der Waals surface area contributed by atoms with Crippen molar-refractivity contribution in [1.82, 2.24) is 19.9 Å². The molecule has 0 radical (unpaired) electrons. The van der Waals surface area contributed by atoms with Crippen molar-refractivity contribution in [2.24, 2.45) is 5.92 Å². The molecule has 1 aliphatic heterocycles. The Morgan fingerprint density at radius 1 is 1.38 bits per heavy atom. The van der Waals surface area contributed by atoms with Crippen molar-refractivity contribution in [2.75, 3.05) is 26.8 Å². The number of nitrogens with zero attached hydrogens (tertiary/aromatic N) is 4. The van der Waals surface area contributed by atoms with Gasteiger partial charge >= 0.3 is 0 Å². The van der Waals surface area contributed by atoms with Crippen molar-refractivity contribution < 1.29 is 33.9 Å². The lowest BCUT2D eigenvalue weighted by Crippen LogP contribution is -2.57. The molecule has 1 saturated carbocycles. The van der Waals surface area contributed by atoms with Crippen LogP contribution < -0.4 is 0 Å². The predicted octanol–water partition coefficient (Wildman–Crippen LogP) is -0.320. The zero-order valence-corrected chi connectivity index (χ0v) is 16.7. The summed E-state index contributed by atoms with van der Waals surface area (Å²) in [6.45, 7) is 2.39. The Kier molecular flexibility index (Phi) is 8.52. The number of aliphatic hydroxyl groups is 1. The molecule has 11 nitrogen and oxygen atoms in total. The predicted molar refractivity (Wildman–Crippen MR) is 98.5 cm³/mol. The van der Waals surface area contributed by atoms with Crippen LogP contribution in [0.3, 0.4) is 0 Å². The van der Waals surface area contributed by atoms with Gasteiger partial charge in [-0.1, -0.05) is 12.1 Å². The van der Waals surface area contributed by atoms with Crippen LogP contribution in [0, 0.1) is 5.92 Å². The fraction of sp³-hybridized carbons (Fsp3) is 0.722. The topological polar surface area (TPSA) is 146 Å². The van der Waals surface area contributed by atoms with Crippen LogP contribution in [0.1, 0.15) is 37.9 Å². The Bertz CT molecular complexity index is 696. The number of aliphatic hydroxyl groups excluding tert-OH is 1. The van der Waals surface area contributed by atoms with Crippen LogP contribution in [0.2, 0.25) is 0 Å². The summed E-state index contributed by atoms with van der Waals surface area (Å²) in [5.41, 5.74) is 0. The van der Waals surface area contributed by atoms with Crippen LogP contribution in [0.4, 0.5) is 0 Å². The zero-order valence-electron chi connectivity index (χ0n) is 16.7. The van der Waals surface area contributed by atoms with Gasteiger partial charge in [-0.05, 0) is 19.3 Å². The summed E-state index contributed by atoms with van der Waals surface area (Å²) in [7, 11) is 1.73. The Balaban J connectivity index is 0.000000941. The second kappa shape index (κ2) is 10.9. The molecule has 29 heavy (non-hydrogen) atoms. The molecule has 1 aromatic heterocycles. The Labute approximate surface area is 168 Å². The smallest absolute Gasteiger partial charge is 0.290 e. The first-order valence-corrected chi connectivity index (χ1v) is 9.61. The highest BCUT2D eigenvalue weighted by molar-refractivity contribution is 5.80. The van der Waals surface area contributed by atoms with E-state index < -0.39 is 6.61 Å². The fourth-order valence-electron chi connectivity index (χ4n) is 3.83. The van der Waals surface area contributed by atoms with Gasteiger partial charge in [0.2, 0.25) is 17.7 Å². The molecule has 2 heterocycles. The summed E-state index contributed by atoms with van der Waals surface area (Å²) < 4.78 is 10.9. The molecule has 3 rings (SSSR count). The van der Waals surface area contributed by atoms with E-state index in [9.17, 15) is 14.7 Å². The third kappa shape index (κ3) is 5.73. The van der Waals surface area contributed by atoms with E-state index in [1.807, 2.05) is 6.92 Å². The van der Waals surface area contributed by atoms with Crippen LogP contribution in [0.15, 0.2) is 4.52 Å². The first-order chi connectivity index (χ1) is 13.9. The van der Waals surface area contributed by atoms with Gasteiger partial charge in [-0.3, -0.25) is 14.4 Å². The quantitative estimate of drug-likeness (QED) is 0.621. The lowest BCUT2D eigenvalue weighted by atomic mass is 9.81. The first-order valence-electron chi connectivity index (χ1n) is 9.61. The Morgan fingerprint density at radius 2 is 2.10 bits per heavy atom. The van der Waals surface area contributed by atoms with Gasteiger partial charge in [-0.25, -0.2) is 0 Å². The number of hydrogen-bond donors (Lipinski definition) is 2. The third-order valence-electron chi connectivity index (χ3n) is 5.19. The highest BCUT2D eigenvalue weighted by Gasteiger charge is 2.42. The highest BCUT2D eigenvalue weighted by atomic mass is 16.5. The minimum atomic E-state index is -0.515. The normalized spacial score (nSPS) is 23.4. The summed E-state index contributed by atoms with van der Waals surface area (Å²) in [5, 5.41) is 20.0. The summed E-state index contributed by atoms with van der Waals surface area (Å²) in [6, 6.07) is -0.156. The van der Waals surface area contributed by atoms with Crippen LogP contribution in [-0.4, -0.2) is 87.4 Å². The molecule has 3 atom stereocenters. The molecule has 0 unspecified atom stereocenters. The van der Waals surface area contributed by atoms with Gasteiger partial charge < -0.3 is 29.3 Å². The van der Waals surface area contributed by atoms with Gasteiger partial charge in [-0.2, -0.15) is 4.98 Å². The standard InChI is InChI=1S/C17H26N4O5.CH2O2/c1-3-15-18-14(19-26-15)9-20(2)17(24)11-4-5-13-12(8-11)21(6-7-25-13)16(23)10-22;2-1-3/h11-13,22H,3-10H2,1-2H3;1H,(H,2,3)/t11-,12+,13+;/m0./s1. The lowest BCUT2D eigenvalue weighted by Gasteiger charge is -2.45. The molecule has 2 fully saturated rings. The summed E-state index contributed by atoms with van der Waals surface area (Å²) >= 11 is 0. The number of carbonyl (C=O) groups is 3. The van der Waals surface area contributed by atoms with Crippen molar-refractivity contribution in [2.45, 2.75) is 51.3 Å². The van der Waals surface area contributed by atoms with E-state index in [0.717, 1.165) is 12.8 Å². The Morgan fingerprint density at radius 3 is 2.72 bits per heavy atom. The summed E-state index contributed by atoms with van der Waals surface area (Å²) in [6.07, 6.45) is 2.60. The highest BCUT2D eigenvalue weighted by Crippen LogP contribution is 2.33. The average Bonchev–Trinajstić information content (AvgIpc) is 3.19. The number of carbonyl (C=O) groups excluding carboxylic acids is 2. The Hall–Kier alpha value is -2.53. The van der Waals surface area contributed by atoms with Gasteiger partial charge in [-0.15, -0.1) is 0 Å². The van der Waals surface area contributed by atoms with E-state index in [0.29, 0.717) is 44.3 Å². The minimum Gasteiger partial charge on any atom is -0.483 e. The molecule has 0 aromatic carbocycles. The SMILES string of the molecule is CCc1nc(CN(C)C(=O)[C@H]2CC[C@H]3OCCN(C(=O)CO)[C@@H]3C2)no1.O=CO. The molecule has 0 spiro atoms. The van der Waals surface area contributed by atoms with Gasteiger partial charge in [0.15, 0.2) is 5.82 Å². The molecule has 1 saturated heterocycles. The van der Waals surface area contributed by atoms with Gasteiger partial charge in [0.25, 0.3) is 6.47 Å². The van der Waals surface area contributed by atoms with Gasteiger partial charge in [0.05, 0.1) is 25.3 Å². The number of rotatable bonds is 5. The average molecular weight is 412 g/mol. The molecule has 11 heteroatoms. The molecule has 162 valence electrons. The van der Waals surface area contributed by atoms with Crippen LogP contribution in [0.5, 0.6) is 0 Å². The van der Waals surface area contributed by atoms with Gasteiger partial charge in [0.1, 0.15) is 6.61 Å². The van der Waals surface area contributed by atoms with Crippen molar-refractivity contribution in [3.05, 3.63) is 11.7 Å². The van der Waals surface area contributed by atoms with Gasteiger partial charge in [0, 0.05) is 25.9 Å². The van der Waals surface area contributed by atoms with E-state index in [1.54, 1.807) is 16.8 Å². The number of aromatic nitrogens is 2. The van der Waals surface area contributed by atoms with Crippen molar-refractivity contribution >= 4 is 18.3 Å². The second-order valence-electron chi connectivity index (χ2n) is 6.99. The molecular weight excluding hydrogens is 384 g/mol. The van der Waals surface area contributed by atoms with E-state index in [-0.39, 0.29) is 36.4 Å². The molecule has 2 amide bonds. The van der Waals surface area contributed by atoms with E-state index in [4.69, 9.17) is 19.2 Å². The van der Waals surface area contributed by atoms with Crippen LogP contribution >= 0.6 is 0 Å². The molecule has 2 N–H and O–H groups in total. The molecule has 0 bridgehead atoms. The number of aryl methyl sites for hydroxylation is 1. The molecule has 1 aliphatic carbocycles. The number of morpholine rings is 1. The first kappa shape index (κ1) is 22.8. The molecular formula is C18H28N4O7. The largest absolute Gasteiger partial charge is 0.483 e. The maximum absolute atomic E-state index is 12.8. The summed E-state index contributed by atoms with van der Waals surface area (Å²) in [4.78, 5) is 40.7. The number of amides is 2. The van der Waals surface area contributed by atoms with E-state index in [2.05, 4.69) is 10.1 Å². The van der Waals surface area contributed by atoms with Crippen LogP contribution in [-0.2, 0) is 32.1 Å². The number of carboxylic acid groups (broad SMARTS) is 1. The van der Waals surface area contributed by atoms with Crippen molar-refractivity contribution in [3.63, 3.8) is 0 Å². The molecule has 2 aliphatic rings. The second-order valence-corrected chi connectivity index (χ2v) is 6.99. The molecule has 1 aromatic rings. The van der Waals surface area contributed by atoms with E-state index in [1.165, 1.54) is 0 Å². The fourth-order valence-corrected chi connectivity index (χ4v) is 3.83. The van der Waals surface area contributed by atoms with E-state index >= 15 is 0 Å². The zero-order chi connectivity index (χ0) is 21.4. The maximum atomic E-state index is 12.8. The number of ether oxygens (including phenoxy) is 1.